The second kappa shape index (κ2) is 10.1. The highest BCUT2D eigenvalue weighted by molar-refractivity contribution is 6.33. The number of benzene rings is 2. The van der Waals surface area contributed by atoms with Crippen LogP contribution in [0.4, 0.5) is 4.39 Å². The van der Waals surface area contributed by atoms with Crippen LogP contribution in [0.25, 0.3) is 0 Å². The SMILES string of the molecule is CC(=O)NC(C)c1ccc(CN2CCc3c(ccc(OCCCF)c3Cl)C2)cc1. The number of nitrogens with one attached hydrogen (secondary N) is 1. The Morgan fingerprint density at radius 3 is 2.72 bits per heavy atom. The van der Waals surface area contributed by atoms with Gasteiger partial charge in [0.25, 0.3) is 0 Å². The second-order valence-electron chi connectivity index (χ2n) is 7.53. The lowest BCUT2D eigenvalue weighted by Gasteiger charge is -2.30. The van der Waals surface area contributed by atoms with Crippen LogP contribution in [-0.2, 0) is 24.3 Å². The molecule has 1 N–H and O–H groups in total. The predicted octanol–water partition coefficient (Wildman–Crippen LogP) is 4.83. The lowest BCUT2D eigenvalue weighted by atomic mass is 9.98. The van der Waals surface area contributed by atoms with Crippen molar-refractivity contribution < 1.29 is 13.9 Å². The van der Waals surface area contributed by atoms with Crippen LogP contribution in [0.15, 0.2) is 36.4 Å². The summed E-state index contributed by atoms with van der Waals surface area (Å²) in [4.78, 5) is 13.6. The van der Waals surface area contributed by atoms with E-state index in [1.54, 1.807) is 0 Å². The molecule has 0 radical (unpaired) electrons. The van der Waals surface area contributed by atoms with Gasteiger partial charge in [0.15, 0.2) is 0 Å². The van der Waals surface area contributed by atoms with E-state index in [0.717, 1.165) is 37.2 Å². The highest BCUT2D eigenvalue weighted by Gasteiger charge is 2.21. The number of hydrogen-bond donors (Lipinski definition) is 1. The van der Waals surface area contributed by atoms with Gasteiger partial charge in [-0.3, -0.25) is 14.1 Å². The van der Waals surface area contributed by atoms with Crippen LogP contribution in [0.5, 0.6) is 5.75 Å². The lowest BCUT2D eigenvalue weighted by molar-refractivity contribution is -0.119. The molecule has 1 unspecified atom stereocenters. The monoisotopic (exact) mass is 418 g/mol. The molecule has 1 atom stereocenters. The van der Waals surface area contributed by atoms with E-state index in [2.05, 4.69) is 40.5 Å². The molecule has 1 aliphatic rings. The molecular formula is C23H28ClFN2O2. The van der Waals surface area contributed by atoms with Gasteiger partial charge in [0.05, 0.1) is 24.3 Å². The summed E-state index contributed by atoms with van der Waals surface area (Å²) in [5.41, 5.74) is 4.69. The number of carbonyl (C=O) groups is 1. The van der Waals surface area contributed by atoms with Gasteiger partial charge < -0.3 is 10.1 Å². The number of alkyl halides is 1. The van der Waals surface area contributed by atoms with Crippen molar-refractivity contribution in [3.8, 4) is 5.75 Å². The van der Waals surface area contributed by atoms with Crippen molar-refractivity contribution in [2.45, 2.75) is 45.8 Å². The third-order valence-corrected chi connectivity index (χ3v) is 5.63. The summed E-state index contributed by atoms with van der Waals surface area (Å²) < 4.78 is 17.9. The fraction of sp³-hybridized carbons (Fsp3) is 0.435. The number of amides is 1. The lowest BCUT2D eigenvalue weighted by Crippen LogP contribution is -2.30. The van der Waals surface area contributed by atoms with E-state index in [9.17, 15) is 9.18 Å². The number of carbonyl (C=O) groups excluding carboxylic acids is 1. The van der Waals surface area contributed by atoms with E-state index >= 15 is 0 Å². The van der Waals surface area contributed by atoms with E-state index in [4.69, 9.17) is 16.3 Å². The summed E-state index contributed by atoms with van der Waals surface area (Å²) >= 11 is 6.53. The van der Waals surface area contributed by atoms with Gasteiger partial charge >= 0.3 is 0 Å². The first-order valence-corrected chi connectivity index (χ1v) is 10.4. The van der Waals surface area contributed by atoms with Gasteiger partial charge in [-0.25, -0.2) is 0 Å². The Balaban J connectivity index is 1.61. The average Bonchev–Trinajstić information content (AvgIpc) is 2.70. The zero-order valence-corrected chi connectivity index (χ0v) is 17.8. The maximum Gasteiger partial charge on any atom is 0.217 e. The highest BCUT2D eigenvalue weighted by Crippen LogP contribution is 2.34. The molecule has 1 aliphatic heterocycles. The van der Waals surface area contributed by atoms with E-state index in [1.807, 2.05) is 13.0 Å². The Labute approximate surface area is 177 Å². The number of ether oxygens (including phenoxy) is 1. The average molecular weight is 419 g/mol. The molecule has 29 heavy (non-hydrogen) atoms. The minimum atomic E-state index is -0.384. The van der Waals surface area contributed by atoms with Crippen molar-refractivity contribution in [1.29, 1.82) is 0 Å². The van der Waals surface area contributed by atoms with E-state index in [-0.39, 0.29) is 18.6 Å². The van der Waals surface area contributed by atoms with Gasteiger partial charge in [-0.1, -0.05) is 41.9 Å². The zero-order valence-electron chi connectivity index (χ0n) is 17.0. The number of hydrogen-bond acceptors (Lipinski definition) is 3. The van der Waals surface area contributed by atoms with Crippen molar-refractivity contribution >= 4 is 17.5 Å². The topological polar surface area (TPSA) is 41.6 Å². The second-order valence-corrected chi connectivity index (χ2v) is 7.91. The van der Waals surface area contributed by atoms with E-state index in [0.29, 0.717) is 23.8 Å². The Hall–Kier alpha value is -2.11. The van der Waals surface area contributed by atoms with Crippen molar-refractivity contribution in [3.05, 3.63) is 63.7 Å². The van der Waals surface area contributed by atoms with E-state index in [1.165, 1.54) is 18.1 Å². The zero-order chi connectivity index (χ0) is 20.8. The fourth-order valence-electron chi connectivity index (χ4n) is 3.69. The predicted molar refractivity (Wildman–Crippen MR) is 114 cm³/mol. The molecule has 0 aliphatic carbocycles. The van der Waals surface area contributed by atoms with Crippen molar-refractivity contribution in [2.24, 2.45) is 0 Å². The Morgan fingerprint density at radius 2 is 2.03 bits per heavy atom. The normalized spacial score (nSPS) is 14.9. The molecule has 3 rings (SSSR count). The maximum absolute atomic E-state index is 12.3. The van der Waals surface area contributed by atoms with Crippen LogP contribution in [0.1, 0.15) is 48.6 Å². The summed E-state index contributed by atoms with van der Waals surface area (Å²) in [6.07, 6.45) is 1.25. The molecule has 0 saturated heterocycles. The third-order valence-electron chi connectivity index (χ3n) is 5.22. The molecule has 0 spiro atoms. The number of rotatable bonds is 8. The van der Waals surface area contributed by atoms with Crippen LogP contribution < -0.4 is 10.1 Å². The molecule has 0 saturated carbocycles. The minimum Gasteiger partial charge on any atom is -0.492 e. The molecule has 4 nitrogen and oxygen atoms in total. The molecular weight excluding hydrogens is 391 g/mol. The van der Waals surface area contributed by atoms with Crippen LogP contribution in [0, 0.1) is 0 Å². The number of halogens is 2. The van der Waals surface area contributed by atoms with Gasteiger partial charge in [0.1, 0.15) is 5.75 Å². The molecule has 1 heterocycles. The van der Waals surface area contributed by atoms with Crippen LogP contribution in [0.2, 0.25) is 5.02 Å². The molecule has 1 amide bonds. The van der Waals surface area contributed by atoms with Crippen LogP contribution in [-0.4, -0.2) is 30.6 Å². The van der Waals surface area contributed by atoms with Gasteiger partial charge in [-0.2, -0.15) is 0 Å². The summed E-state index contributed by atoms with van der Waals surface area (Å²) in [6, 6.07) is 12.4. The van der Waals surface area contributed by atoms with Crippen molar-refractivity contribution in [3.63, 3.8) is 0 Å². The van der Waals surface area contributed by atoms with Gasteiger partial charge in [-0.05, 0) is 41.7 Å². The quantitative estimate of drug-likeness (QED) is 0.624. The fourth-order valence-corrected chi connectivity index (χ4v) is 4.02. The summed E-state index contributed by atoms with van der Waals surface area (Å²) in [5, 5.41) is 3.57. The van der Waals surface area contributed by atoms with E-state index < -0.39 is 0 Å². The Bertz CT molecular complexity index is 842. The molecule has 0 fully saturated rings. The summed E-state index contributed by atoms with van der Waals surface area (Å²) in [6.45, 7) is 6.10. The number of fused-ring (bicyclic) bond motifs is 1. The molecule has 0 aromatic heterocycles. The van der Waals surface area contributed by atoms with Gasteiger partial charge in [-0.15, -0.1) is 0 Å². The van der Waals surface area contributed by atoms with Crippen LogP contribution >= 0.6 is 11.6 Å². The smallest absolute Gasteiger partial charge is 0.217 e. The first kappa shape index (κ1) is 21.6. The first-order valence-electron chi connectivity index (χ1n) is 10.0. The van der Waals surface area contributed by atoms with Gasteiger partial charge in [0.2, 0.25) is 5.91 Å². The van der Waals surface area contributed by atoms with Crippen molar-refractivity contribution in [2.75, 3.05) is 19.8 Å². The molecule has 6 heteroatoms. The summed E-state index contributed by atoms with van der Waals surface area (Å²) in [7, 11) is 0. The molecule has 156 valence electrons. The molecule has 0 bridgehead atoms. The third kappa shape index (κ3) is 5.71. The molecule has 2 aromatic carbocycles. The maximum atomic E-state index is 12.3. The standard InChI is InChI=1S/C23H28ClFN2O2/c1-16(26-17(2)28)19-6-4-18(5-7-19)14-27-12-10-21-20(15-27)8-9-22(23(21)24)29-13-3-11-25/h4-9,16H,3,10-15H2,1-2H3,(H,26,28). The first-order chi connectivity index (χ1) is 14.0. The van der Waals surface area contributed by atoms with Gasteiger partial charge in [0, 0.05) is 33.0 Å². The largest absolute Gasteiger partial charge is 0.492 e. The highest BCUT2D eigenvalue weighted by atomic mass is 35.5. The minimum absolute atomic E-state index is 0.00637. The van der Waals surface area contributed by atoms with Crippen LogP contribution in [0.3, 0.4) is 0 Å². The Kier molecular flexibility index (Phi) is 7.51. The van der Waals surface area contributed by atoms with Crippen molar-refractivity contribution in [1.82, 2.24) is 10.2 Å². The number of nitrogens with zero attached hydrogens (tertiary/aromatic N) is 1. The summed E-state index contributed by atoms with van der Waals surface area (Å²) in [5.74, 6) is 0.624. The molecule has 2 aromatic rings. The Morgan fingerprint density at radius 1 is 1.28 bits per heavy atom.